The summed E-state index contributed by atoms with van der Waals surface area (Å²) in [5.74, 6) is -1.03. The molecule has 0 fully saturated rings. The molecule has 0 saturated heterocycles. The maximum atomic E-state index is 12.2. The van der Waals surface area contributed by atoms with Crippen molar-refractivity contribution in [3.05, 3.63) is 28.1 Å². The Labute approximate surface area is 122 Å². The van der Waals surface area contributed by atoms with Gasteiger partial charge in [-0.15, -0.1) is 16.4 Å². The molecule has 2 aromatic heterocycles. The number of fused-ring (bicyclic) bond motifs is 1. The highest BCUT2D eigenvalue weighted by molar-refractivity contribution is 7.10. The second-order valence-electron chi connectivity index (χ2n) is 4.20. The number of thiophene rings is 1. The standard InChI is InChI=1S/C11H10N4O3S2/c16-10(17)9-6-2-4-19-7(6)1-3-15(9)11(18)13-8-5-12-14-20-8/h2,4-5,9H,1,3H2,(H,13,18)(H,16,17). The number of rotatable bonds is 2. The first-order valence-electron chi connectivity index (χ1n) is 5.81. The molecule has 1 unspecified atom stereocenters. The highest BCUT2D eigenvalue weighted by atomic mass is 32.1. The Morgan fingerprint density at radius 3 is 3.05 bits per heavy atom. The molecule has 20 heavy (non-hydrogen) atoms. The maximum absolute atomic E-state index is 12.2. The molecule has 0 aliphatic carbocycles. The molecule has 0 radical (unpaired) electrons. The topological polar surface area (TPSA) is 95.4 Å². The number of carbonyl (C=O) groups is 2. The molecule has 104 valence electrons. The molecule has 3 rings (SSSR count). The van der Waals surface area contributed by atoms with Gasteiger partial charge in [0.2, 0.25) is 0 Å². The van der Waals surface area contributed by atoms with Gasteiger partial charge in [0.1, 0.15) is 5.00 Å². The van der Waals surface area contributed by atoms with Crippen molar-refractivity contribution >= 4 is 39.9 Å². The summed E-state index contributed by atoms with van der Waals surface area (Å²) in [4.78, 5) is 26.1. The van der Waals surface area contributed by atoms with Crippen molar-refractivity contribution < 1.29 is 14.7 Å². The van der Waals surface area contributed by atoms with Crippen molar-refractivity contribution in [2.75, 3.05) is 11.9 Å². The Bertz CT molecular complexity index is 640. The lowest BCUT2D eigenvalue weighted by Gasteiger charge is -2.32. The summed E-state index contributed by atoms with van der Waals surface area (Å²) < 4.78 is 3.65. The van der Waals surface area contributed by atoms with Crippen LogP contribution in [0.4, 0.5) is 9.80 Å². The van der Waals surface area contributed by atoms with E-state index in [0.29, 0.717) is 23.5 Å². The third-order valence-corrected chi connectivity index (χ3v) is 4.63. The van der Waals surface area contributed by atoms with E-state index in [9.17, 15) is 14.7 Å². The van der Waals surface area contributed by atoms with E-state index in [1.807, 2.05) is 5.38 Å². The van der Waals surface area contributed by atoms with Crippen molar-refractivity contribution in [1.82, 2.24) is 14.5 Å². The van der Waals surface area contributed by atoms with Gasteiger partial charge < -0.3 is 10.0 Å². The predicted octanol–water partition coefficient (Wildman–Crippen LogP) is 1.82. The summed E-state index contributed by atoms with van der Waals surface area (Å²) in [5, 5.41) is 18.0. The molecule has 7 nitrogen and oxygen atoms in total. The predicted molar refractivity (Wildman–Crippen MR) is 74.0 cm³/mol. The molecular formula is C11H10N4O3S2. The number of carboxylic acid groups (broad SMARTS) is 1. The van der Waals surface area contributed by atoms with Crippen molar-refractivity contribution in [3.63, 3.8) is 0 Å². The lowest BCUT2D eigenvalue weighted by atomic mass is 10.0. The number of carbonyl (C=O) groups excluding carboxylic acids is 1. The summed E-state index contributed by atoms with van der Waals surface area (Å²) in [7, 11) is 0. The smallest absolute Gasteiger partial charge is 0.331 e. The number of urea groups is 1. The van der Waals surface area contributed by atoms with Gasteiger partial charge in [0.25, 0.3) is 0 Å². The highest BCUT2D eigenvalue weighted by Gasteiger charge is 2.36. The number of amides is 2. The molecule has 3 heterocycles. The molecule has 2 N–H and O–H groups in total. The maximum Gasteiger partial charge on any atom is 0.331 e. The lowest BCUT2D eigenvalue weighted by Crippen LogP contribution is -2.45. The minimum atomic E-state index is -1.03. The van der Waals surface area contributed by atoms with Gasteiger partial charge in [0.15, 0.2) is 6.04 Å². The van der Waals surface area contributed by atoms with E-state index >= 15 is 0 Å². The van der Waals surface area contributed by atoms with Gasteiger partial charge in [-0.2, -0.15) is 0 Å². The molecule has 2 aromatic rings. The van der Waals surface area contributed by atoms with E-state index in [1.54, 1.807) is 6.07 Å². The molecule has 0 saturated carbocycles. The molecule has 0 aromatic carbocycles. The number of nitrogens with one attached hydrogen (secondary N) is 1. The number of aliphatic carboxylic acids is 1. The van der Waals surface area contributed by atoms with E-state index in [-0.39, 0.29) is 0 Å². The Morgan fingerprint density at radius 2 is 2.35 bits per heavy atom. The third-order valence-electron chi connectivity index (χ3n) is 3.05. The average molecular weight is 310 g/mol. The number of nitrogens with zero attached hydrogens (tertiary/aromatic N) is 3. The first-order chi connectivity index (χ1) is 9.66. The Morgan fingerprint density at radius 1 is 1.50 bits per heavy atom. The molecule has 0 bridgehead atoms. The zero-order valence-corrected chi connectivity index (χ0v) is 11.8. The van der Waals surface area contributed by atoms with Crippen LogP contribution in [0.2, 0.25) is 0 Å². The fourth-order valence-corrected chi connectivity index (χ4v) is 3.51. The van der Waals surface area contributed by atoms with Crippen LogP contribution < -0.4 is 5.32 Å². The van der Waals surface area contributed by atoms with Gasteiger partial charge in [-0.3, -0.25) is 5.32 Å². The fraction of sp³-hybridized carbons (Fsp3) is 0.273. The van der Waals surface area contributed by atoms with Crippen LogP contribution in [0.25, 0.3) is 0 Å². The monoisotopic (exact) mass is 310 g/mol. The fourth-order valence-electron chi connectivity index (χ4n) is 2.20. The van der Waals surface area contributed by atoms with Crippen molar-refractivity contribution in [2.45, 2.75) is 12.5 Å². The van der Waals surface area contributed by atoms with E-state index in [2.05, 4.69) is 14.9 Å². The first kappa shape index (κ1) is 13.0. The molecular weight excluding hydrogens is 300 g/mol. The van der Waals surface area contributed by atoms with E-state index < -0.39 is 18.0 Å². The molecule has 1 atom stereocenters. The second-order valence-corrected chi connectivity index (χ2v) is 5.98. The van der Waals surface area contributed by atoms with Gasteiger partial charge in [-0.1, -0.05) is 4.49 Å². The van der Waals surface area contributed by atoms with Crippen LogP contribution in [0.3, 0.4) is 0 Å². The largest absolute Gasteiger partial charge is 0.479 e. The quantitative estimate of drug-likeness (QED) is 0.882. The first-order valence-corrected chi connectivity index (χ1v) is 7.46. The summed E-state index contributed by atoms with van der Waals surface area (Å²) >= 11 is 2.57. The zero-order chi connectivity index (χ0) is 14.1. The minimum absolute atomic E-state index is 0.378. The summed E-state index contributed by atoms with van der Waals surface area (Å²) in [6, 6.07) is 0.387. The number of hydrogen-bond acceptors (Lipinski definition) is 6. The second kappa shape index (κ2) is 5.17. The van der Waals surface area contributed by atoms with Crippen LogP contribution >= 0.6 is 22.9 Å². The van der Waals surface area contributed by atoms with Gasteiger partial charge in [-0.25, -0.2) is 9.59 Å². The lowest BCUT2D eigenvalue weighted by molar-refractivity contribution is -0.142. The van der Waals surface area contributed by atoms with E-state index in [4.69, 9.17) is 0 Å². The SMILES string of the molecule is O=C(O)C1c2ccsc2CCN1C(=O)Nc1cnns1. The average Bonchev–Trinajstić information content (AvgIpc) is 3.06. The zero-order valence-electron chi connectivity index (χ0n) is 10.1. The minimum Gasteiger partial charge on any atom is -0.479 e. The van der Waals surface area contributed by atoms with Crippen LogP contribution in [-0.2, 0) is 11.2 Å². The summed E-state index contributed by atoms with van der Waals surface area (Å²) in [6.07, 6.45) is 2.10. The van der Waals surface area contributed by atoms with Crippen molar-refractivity contribution in [2.24, 2.45) is 0 Å². The van der Waals surface area contributed by atoms with Gasteiger partial charge in [0.05, 0.1) is 6.20 Å². The molecule has 2 amide bonds. The van der Waals surface area contributed by atoms with E-state index in [1.165, 1.54) is 22.4 Å². The Hall–Kier alpha value is -2.00. The Kier molecular flexibility index (Phi) is 3.36. The number of aromatic nitrogens is 2. The molecule has 0 spiro atoms. The Balaban J connectivity index is 1.85. The van der Waals surface area contributed by atoms with Crippen LogP contribution in [0.5, 0.6) is 0 Å². The highest BCUT2D eigenvalue weighted by Crippen LogP contribution is 2.33. The van der Waals surface area contributed by atoms with Crippen molar-refractivity contribution in [1.29, 1.82) is 0 Å². The van der Waals surface area contributed by atoms with E-state index in [0.717, 1.165) is 16.4 Å². The van der Waals surface area contributed by atoms with Crippen LogP contribution in [0.15, 0.2) is 17.6 Å². The third kappa shape index (κ3) is 2.25. The van der Waals surface area contributed by atoms with Gasteiger partial charge in [0, 0.05) is 23.0 Å². The number of carboxylic acids is 1. The number of hydrogen-bond donors (Lipinski definition) is 2. The molecule has 9 heteroatoms. The molecule has 1 aliphatic rings. The van der Waals surface area contributed by atoms with Crippen LogP contribution in [0.1, 0.15) is 16.5 Å². The van der Waals surface area contributed by atoms with Crippen LogP contribution in [-0.4, -0.2) is 38.1 Å². The van der Waals surface area contributed by atoms with Gasteiger partial charge in [-0.05, 0) is 23.4 Å². The summed E-state index contributed by atoms with van der Waals surface area (Å²) in [6.45, 7) is 0.378. The molecule has 1 aliphatic heterocycles. The summed E-state index contributed by atoms with van der Waals surface area (Å²) in [5.41, 5.74) is 0.700. The van der Waals surface area contributed by atoms with Crippen LogP contribution in [0, 0.1) is 0 Å². The number of anilines is 1. The van der Waals surface area contributed by atoms with Gasteiger partial charge >= 0.3 is 12.0 Å². The normalized spacial score (nSPS) is 17.6. The van der Waals surface area contributed by atoms with Crippen molar-refractivity contribution in [3.8, 4) is 0 Å².